The molecule has 1 aliphatic carbocycles. The van der Waals surface area contributed by atoms with E-state index in [-0.39, 0.29) is 5.60 Å². The lowest BCUT2D eigenvalue weighted by Gasteiger charge is -2.43. The zero-order chi connectivity index (χ0) is 15.9. The van der Waals surface area contributed by atoms with Crippen LogP contribution in [0.3, 0.4) is 0 Å². The van der Waals surface area contributed by atoms with Crippen LogP contribution in [0.2, 0.25) is 0 Å². The largest absolute Gasteiger partial charge is 0.381 e. The second-order valence-electron chi connectivity index (χ2n) is 6.90. The number of imidazole rings is 1. The highest BCUT2D eigenvalue weighted by molar-refractivity contribution is 5.14. The predicted octanol–water partition coefficient (Wildman–Crippen LogP) is 2.20. The molecule has 3 atom stereocenters. The molecule has 0 aromatic carbocycles. The molecule has 2 heterocycles. The van der Waals surface area contributed by atoms with Gasteiger partial charge in [-0.1, -0.05) is 0 Å². The van der Waals surface area contributed by atoms with Crippen molar-refractivity contribution in [2.24, 2.45) is 7.05 Å². The molecule has 2 aliphatic rings. The van der Waals surface area contributed by atoms with Crippen LogP contribution in [0.25, 0.3) is 0 Å². The van der Waals surface area contributed by atoms with Gasteiger partial charge in [0.25, 0.3) is 0 Å². The fourth-order valence-electron chi connectivity index (χ4n) is 4.27. The smallest absolute Gasteiger partial charge is 0.123 e. The van der Waals surface area contributed by atoms with Gasteiger partial charge in [0.1, 0.15) is 5.82 Å². The molecule has 1 saturated carbocycles. The van der Waals surface area contributed by atoms with E-state index in [0.29, 0.717) is 12.1 Å². The van der Waals surface area contributed by atoms with Crippen molar-refractivity contribution in [2.75, 3.05) is 20.8 Å². The summed E-state index contributed by atoms with van der Waals surface area (Å²) in [6.45, 7) is 6.21. The van der Waals surface area contributed by atoms with Gasteiger partial charge in [0.2, 0.25) is 0 Å². The van der Waals surface area contributed by atoms with Crippen molar-refractivity contribution in [3.63, 3.8) is 0 Å². The van der Waals surface area contributed by atoms with Crippen LogP contribution < -0.4 is 0 Å². The van der Waals surface area contributed by atoms with Crippen molar-refractivity contribution in [1.82, 2.24) is 14.5 Å². The lowest BCUT2D eigenvalue weighted by Crippen LogP contribution is -2.51. The minimum absolute atomic E-state index is 0.0181. The highest BCUT2D eigenvalue weighted by Gasteiger charge is 2.51. The quantitative estimate of drug-likeness (QED) is 0.855. The standard InChI is InChI=1S/C17H29N3O2/c1-12-13(2)19(3)16(18-12)11-20-9-8-17(22-5)7-6-14(21-4)10-15(17)20/h14-15H,6-11H2,1-5H3/t14-,15+,17-/m1/s1. The Morgan fingerprint density at radius 2 is 2.05 bits per heavy atom. The maximum Gasteiger partial charge on any atom is 0.123 e. The van der Waals surface area contributed by atoms with Crippen molar-refractivity contribution < 1.29 is 9.47 Å². The Bertz CT molecular complexity index is 542. The first-order valence-corrected chi connectivity index (χ1v) is 8.31. The molecule has 3 rings (SSSR count). The average Bonchev–Trinajstić information content (AvgIpc) is 3.01. The Labute approximate surface area is 133 Å². The van der Waals surface area contributed by atoms with Gasteiger partial charge in [-0.3, -0.25) is 4.90 Å². The summed E-state index contributed by atoms with van der Waals surface area (Å²) in [7, 11) is 5.82. The number of ether oxygens (including phenoxy) is 2. The van der Waals surface area contributed by atoms with E-state index in [1.807, 2.05) is 14.2 Å². The molecule has 0 unspecified atom stereocenters. The Morgan fingerprint density at radius 1 is 1.27 bits per heavy atom. The molecule has 2 fully saturated rings. The van der Waals surface area contributed by atoms with Gasteiger partial charge < -0.3 is 14.0 Å². The van der Waals surface area contributed by atoms with Crippen LogP contribution in [0.15, 0.2) is 0 Å². The number of hydrogen-bond acceptors (Lipinski definition) is 4. The molecule has 1 aliphatic heterocycles. The lowest BCUT2D eigenvalue weighted by atomic mass is 9.79. The molecule has 1 aromatic heterocycles. The van der Waals surface area contributed by atoms with E-state index in [1.165, 1.54) is 5.69 Å². The Kier molecular flexibility index (Phi) is 4.32. The minimum Gasteiger partial charge on any atom is -0.381 e. The Balaban J connectivity index is 1.80. The molecule has 5 nitrogen and oxygen atoms in total. The summed E-state index contributed by atoms with van der Waals surface area (Å²) in [6.07, 6.45) is 4.75. The third kappa shape index (κ3) is 2.49. The number of aryl methyl sites for hydroxylation is 1. The van der Waals surface area contributed by atoms with E-state index >= 15 is 0 Å². The van der Waals surface area contributed by atoms with Gasteiger partial charge in [0.15, 0.2) is 0 Å². The van der Waals surface area contributed by atoms with E-state index in [2.05, 4.69) is 30.4 Å². The van der Waals surface area contributed by atoms with E-state index < -0.39 is 0 Å². The van der Waals surface area contributed by atoms with Crippen LogP contribution in [0, 0.1) is 13.8 Å². The normalized spacial score (nSPS) is 32.4. The molecular formula is C17H29N3O2. The summed E-state index contributed by atoms with van der Waals surface area (Å²) < 4.78 is 13.9. The predicted molar refractivity (Wildman–Crippen MR) is 85.9 cm³/mol. The van der Waals surface area contributed by atoms with E-state index in [1.54, 1.807) is 0 Å². The molecular weight excluding hydrogens is 278 g/mol. The molecule has 0 N–H and O–H groups in total. The highest BCUT2D eigenvalue weighted by Crippen LogP contribution is 2.43. The molecule has 5 heteroatoms. The van der Waals surface area contributed by atoms with Crippen LogP contribution >= 0.6 is 0 Å². The third-order valence-electron chi connectivity index (χ3n) is 6.04. The Hall–Kier alpha value is -0.910. The van der Waals surface area contributed by atoms with E-state index in [9.17, 15) is 0 Å². The summed E-state index contributed by atoms with van der Waals surface area (Å²) in [5, 5.41) is 0. The molecule has 22 heavy (non-hydrogen) atoms. The van der Waals surface area contributed by atoms with Crippen molar-refractivity contribution in [2.45, 2.75) is 63.8 Å². The second-order valence-corrected chi connectivity index (χ2v) is 6.90. The van der Waals surface area contributed by atoms with Gasteiger partial charge in [-0.15, -0.1) is 0 Å². The SMILES string of the molecule is CO[C@@H]1CC[C@@]2(OC)CCN(Cc3nc(C)c(C)n3C)[C@H]2C1. The molecule has 0 spiro atoms. The number of nitrogens with zero attached hydrogens (tertiary/aromatic N) is 3. The van der Waals surface area contributed by atoms with Crippen LogP contribution in [-0.2, 0) is 23.1 Å². The molecule has 124 valence electrons. The number of likely N-dealkylation sites (tertiary alicyclic amines) is 1. The lowest BCUT2D eigenvalue weighted by molar-refractivity contribution is -0.0950. The number of hydrogen-bond donors (Lipinski definition) is 0. The van der Waals surface area contributed by atoms with Crippen molar-refractivity contribution in [1.29, 1.82) is 0 Å². The summed E-state index contributed by atoms with van der Waals surface area (Å²) in [5.41, 5.74) is 2.41. The maximum atomic E-state index is 6.00. The molecule has 0 radical (unpaired) electrons. The second kappa shape index (κ2) is 5.95. The monoisotopic (exact) mass is 307 g/mol. The van der Waals surface area contributed by atoms with Crippen LogP contribution in [0.4, 0.5) is 0 Å². The third-order valence-corrected chi connectivity index (χ3v) is 6.04. The van der Waals surface area contributed by atoms with Crippen molar-refractivity contribution in [3.05, 3.63) is 17.2 Å². The first kappa shape index (κ1) is 16.0. The topological polar surface area (TPSA) is 39.5 Å². The molecule has 1 aromatic rings. The van der Waals surface area contributed by atoms with Crippen LogP contribution in [0.5, 0.6) is 0 Å². The van der Waals surface area contributed by atoms with Gasteiger partial charge in [0.05, 0.1) is 23.9 Å². The molecule has 0 amide bonds. The van der Waals surface area contributed by atoms with Crippen LogP contribution in [-0.4, -0.2) is 53.0 Å². The van der Waals surface area contributed by atoms with Gasteiger partial charge in [0, 0.05) is 39.5 Å². The van der Waals surface area contributed by atoms with Gasteiger partial charge in [-0.05, 0) is 39.5 Å². The fraction of sp³-hybridized carbons (Fsp3) is 0.824. The maximum absolute atomic E-state index is 6.00. The highest BCUT2D eigenvalue weighted by atomic mass is 16.5. The summed E-state index contributed by atoms with van der Waals surface area (Å²) >= 11 is 0. The van der Waals surface area contributed by atoms with Crippen molar-refractivity contribution in [3.8, 4) is 0 Å². The van der Waals surface area contributed by atoms with Gasteiger partial charge in [-0.2, -0.15) is 0 Å². The fourth-order valence-corrected chi connectivity index (χ4v) is 4.27. The van der Waals surface area contributed by atoms with E-state index in [4.69, 9.17) is 14.5 Å². The van der Waals surface area contributed by atoms with Crippen LogP contribution in [0.1, 0.15) is 42.9 Å². The first-order valence-electron chi connectivity index (χ1n) is 8.31. The first-order chi connectivity index (χ1) is 10.5. The van der Waals surface area contributed by atoms with Gasteiger partial charge >= 0.3 is 0 Å². The molecule has 1 saturated heterocycles. The van der Waals surface area contributed by atoms with Gasteiger partial charge in [-0.25, -0.2) is 4.98 Å². The molecule has 0 bridgehead atoms. The number of fused-ring (bicyclic) bond motifs is 1. The minimum atomic E-state index is 0.0181. The number of rotatable bonds is 4. The summed E-state index contributed by atoms with van der Waals surface area (Å²) in [4.78, 5) is 7.30. The van der Waals surface area contributed by atoms with E-state index in [0.717, 1.165) is 50.3 Å². The zero-order valence-corrected chi connectivity index (χ0v) is 14.6. The number of aromatic nitrogens is 2. The summed E-state index contributed by atoms with van der Waals surface area (Å²) in [5.74, 6) is 1.15. The number of methoxy groups -OCH3 is 2. The Morgan fingerprint density at radius 3 is 2.64 bits per heavy atom. The average molecular weight is 307 g/mol. The summed E-state index contributed by atoms with van der Waals surface area (Å²) in [6, 6.07) is 0.438. The zero-order valence-electron chi connectivity index (χ0n) is 14.6. The van der Waals surface area contributed by atoms with Crippen molar-refractivity contribution >= 4 is 0 Å².